The van der Waals surface area contributed by atoms with E-state index in [1.807, 2.05) is 17.5 Å². The van der Waals surface area contributed by atoms with Crippen molar-refractivity contribution in [2.45, 2.75) is 19.9 Å². The molecule has 0 amide bonds. The Kier molecular flexibility index (Phi) is 5.76. The topological polar surface area (TPSA) is 124 Å². The number of nitro benzene ring substituents is 1. The molecule has 1 atom stereocenters. The first-order valence-electron chi connectivity index (χ1n) is 9.53. The summed E-state index contributed by atoms with van der Waals surface area (Å²) in [6.45, 7) is 3.58. The quantitative estimate of drug-likeness (QED) is 0.346. The average Bonchev–Trinajstić information content (AvgIpc) is 3.37. The predicted octanol–water partition coefficient (Wildman–Crippen LogP) is 2.47. The van der Waals surface area contributed by atoms with Gasteiger partial charge in [-0.3, -0.25) is 19.5 Å². The highest BCUT2D eigenvalue weighted by Crippen LogP contribution is 2.33. The molecule has 3 aromatic rings. The van der Waals surface area contributed by atoms with Crippen LogP contribution in [-0.4, -0.2) is 27.2 Å². The van der Waals surface area contributed by atoms with Gasteiger partial charge >= 0.3 is 11.7 Å². The molecule has 2 aromatic heterocycles. The van der Waals surface area contributed by atoms with Crippen molar-refractivity contribution in [3.8, 4) is 5.75 Å². The van der Waals surface area contributed by atoms with Crippen molar-refractivity contribution in [3.05, 3.63) is 87.2 Å². The highest BCUT2D eigenvalue weighted by molar-refractivity contribution is 7.10. The third-order valence-electron chi connectivity index (χ3n) is 4.86. The second-order valence-corrected chi connectivity index (χ2v) is 8.78. The first-order valence-corrected chi connectivity index (χ1v) is 11.2. The maximum Gasteiger partial charge on any atom is 0.338 e. The number of ether oxygens (including phenoxy) is 1. The SMILES string of the molecule is CCOC(=O)C1=C(C)N=c2s/c(=C/c3cccc([N+](=O)[O-])c3O)c(=O)n2C1c1cccs1. The molecule has 1 aromatic carbocycles. The molecule has 0 saturated carbocycles. The first-order chi connectivity index (χ1) is 15.3. The Morgan fingerprint density at radius 3 is 2.81 bits per heavy atom. The molecule has 0 aliphatic carbocycles. The number of carbonyl (C=O) groups is 1. The van der Waals surface area contributed by atoms with Crippen molar-refractivity contribution in [1.29, 1.82) is 0 Å². The number of esters is 1. The number of fused-ring (bicyclic) bond motifs is 1. The van der Waals surface area contributed by atoms with Crippen molar-refractivity contribution >= 4 is 40.4 Å². The molecule has 32 heavy (non-hydrogen) atoms. The highest BCUT2D eigenvalue weighted by Gasteiger charge is 2.33. The van der Waals surface area contributed by atoms with Gasteiger partial charge in [-0.05, 0) is 31.4 Å². The molecular formula is C21H17N3O6S2. The predicted molar refractivity (Wildman–Crippen MR) is 119 cm³/mol. The minimum absolute atomic E-state index is 0.137. The van der Waals surface area contributed by atoms with Crippen molar-refractivity contribution in [1.82, 2.24) is 4.57 Å². The Hall–Kier alpha value is -3.57. The fraction of sp³-hybridized carbons (Fsp3) is 0.190. The normalized spacial score (nSPS) is 15.9. The molecule has 0 radical (unpaired) electrons. The number of nitro groups is 1. The summed E-state index contributed by atoms with van der Waals surface area (Å²) in [7, 11) is 0. The zero-order valence-corrected chi connectivity index (χ0v) is 18.6. The van der Waals surface area contributed by atoms with E-state index >= 15 is 0 Å². The smallest absolute Gasteiger partial charge is 0.338 e. The number of phenols is 1. The largest absolute Gasteiger partial charge is 0.502 e. The Labute approximate surface area is 189 Å². The maximum absolute atomic E-state index is 13.4. The summed E-state index contributed by atoms with van der Waals surface area (Å²) in [4.78, 5) is 42.1. The van der Waals surface area contributed by atoms with Crippen LogP contribution in [0.3, 0.4) is 0 Å². The van der Waals surface area contributed by atoms with Gasteiger partial charge in [-0.1, -0.05) is 29.5 Å². The number of hydrogen-bond acceptors (Lipinski definition) is 9. The lowest BCUT2D eigenvalue weighted by Gasteiger charge is -2.23. The van der Waals surface area contributed by atoms with Crippen molar-refractivity contribution < 1.29 is 19.6 Å². The van der Waals surface area contributed by atoms with Crippen LogP contribution in [0.5, 0.6) is 5.75 Å². The zero-order chi connectivity index (χ0) is 23.0. The summed E-state index contributed by atoms with van der Waals surface area (Å²) in [5.41, 5.74) is -0.00598. The van der Waals surface area contributed by atoms with E-state index in [4.69, 9.17) is 4.74 Å². The first kappa shape index (κ1) is 21.7. The minimum atomic E-state index is -0.703. The average molecular weight is 472 g/mol. The molecule has 11 heteroatoms. The molecule has 0 fully saturated rings. The van der Waals surface area contributed by atoms with E-state index in [-0.39, 0.29) is 22.3 Å². The number of aromatic nitrogens is 1. The summed E-state index contributed by atoms with van der Waals surface area (Å²) in [5, 5.41) is 23.2. The molecule has 164 valence electrons. The Morgan fingerprint density at radius 2 is 2.16 bits per heavy atom. The van der Waals surface area contributed by atoms with Gasteiger partial charge in [0, 0.05) is 16.5 Å². The van der Waals surface area contributed by atoms with Crippen LogP contribution in [0, 0.1) is 10.1 Å². The molecule has 1 N–H and O–H groups in total. The summed E-state index contributed by atoms with van der Waals surface area (Å²) >= 11 is 2.48. The molecule has 1 aliphatic rings. The molecular weight excluding hydrogens is 454 g/mol. The fourth-order valence-corrected chi connectivity index (χ4v) is 5.32. The lowest BCUT2D eigenvalue weighted by Crippen LogP contribution is -2.39. The molecule has 1 aliphatic heterocycles. The fourth-order valence-electron chi connectivity index (χ4n) is 3.46. The number of benzene rings is 1. The van der Waals surface area contributed by atoms with E-state index in [0.29, 0.717) is 10.5 Å². The number of hydrogen-bond donors (Lipinski definition) is 1. The molecule has 4 rings (SSSR count). The monoisotopic (exact) mass is 471 g/mol. The molecule has 0 saturated heterocycles. The molecule has 3 heterocycles. The number of allylic oxidation sites excluding steroid dienone is 1. The van der Waals surface area contributed by atoms with Gasteiger partial charge in [0.25, 0.3) is 5.56 Å². The van der Waals surface area contributed by atoms with Gasteiger partial charge in [-0.2, -0.15) is 0 Å². The second kappa shape index (κ2) is 8.52. The Balaban J connectivity index is 1.95. The summed E-state index contributed by atoms with van der Waals surface area (Å²) < 4.78 is 6.87. The molecule has 1 unspecified atom stereocenters. The van der Waals surface area contributed by atoms with E-state index in [0.717, 1.165) is 16.2 Å². The number of phenolic OH excluding ortho intramolecular Hbond substituents is 1. The second-order valence-electron chi connectivity index (χ2n) is 6.79. The minimum Gasteiger partial charge on any atom is -0.502 e. The zero-order valence-electron chi connectivity index (χ0n) is 17.0. The van der Waals surface area contributed by atoms with Crippen molar-refractivity contribution in [2.75, 3.05) is 6.61 Å². The van der Waals surface area contributed by atoms with Crippen LogP contribution in [0.1, 0.15) is 30.3 Å². The number of thiazole rings is 1. The van der Waals surface area contributed by atoms with Crippen molar-refractivity contribution in [3.63, 3.8) is 0 Å². The number of rotatable bonds is 5. The van der Waals surface area contributed by atoms with E-state index in [9.17, 15) is 24.8 Å². The maximum atomic E-state index is 13.4. The van der Waals surface area contributed by atoms with Gasteiger partial charge in [0.2, 0.25) is 5.75 Å². The third kappa shape index (κ3) is 3.65. The number of thiophene rings is 1. The van der Waals surface area contributed by atoms with Gasteiger partial charge < -0.3 is 9.84 Å². The van der Waals surface area contributed by atoms with E-state index in [1.165, 1.54) is 40.2 Å². The van der Waals surface area contributed by atoms with E-state index in [2.05, 4.69) is 4.99 Å². The number of carbonyl (C=O) groups excluding carboxylic acids is 1. The summed E-state index contributed by atoms with van der Waals surface area (Å²) in [6.07, 6.45) is 1.39. The molecule has 0 bridgehead atoms. The van der Waals surface area contributed by atoms with Gasteiger partial charge in [-0.15, -0.1) is 11.3 Å². The lowest BCUT2D eigenvalue weighted by atomic mass is 10.0. The van der Waals surface area contributed by atoms with Crippen LogP contribution >= 0.6 is 22.7 Å². The Bertz CT molecular complexity index is 1430. The van der Waals surface area contributed by atoms with Crippen LogP contribution in [0.4, 0.5) is 5.69 Å². The lowest BCUT2D eigenvalue weighted by molar-refractivity contribution is -0.385. The number of para-hydroxylation sites is 1. The number of aromatic hydroxyl groups is 1. The summed E-state index contributed by atoms with van der Waals surface area (Å²) in [5.74, 6) is -1.07. The highest BCUT2D eigenvalue weighted by atomic mass is 32.1. The van der Waals surface area contributed by atoms with E-state index in [1.54, 1.807) is 13.8 Å². The van der Waals surface area contributed by atoms with Crippen molar-refractivity contribution in [2.24, 2.45) is 4.99 Å². The van der Waals surface area contributed by atoms with Gasteiger partial charge in [0.1, 0.15) is 6.04 Å². The van der Waals surface area contributed by atoms with Gasteiger partial charge in [0.05, 0.1) is 27.3 Å². The molecule has 0 spiro atoms. The van der Waals surface area contributed by atoms with Gasteiger partial charge in [0.15, 0.2) is 4.80 Å². The summed E-state index contributed by atoms with van der Waals surface area (Å²) in [6, 6.07) is 7.04. The van der Waals surface area contributed by atoms with Crippen LogP contribution in [0.2, 0.25) is 0 Å². The van der Waals surface area contributed by atoms with Crippen LogP contribution in [0.25, 0.3) is 6.08 Å². The standard InChI is InChI=1S/C21H17N3O6S2/c1-3-30-20(27)16-11(2)22-21-23(17(16)14-8-5-9-31-14)19(26)15(32-21)10-12-6-4-7-13(18(12)25)24(28)29/h4-10,17,25H,3H2,1-2H3/b15-10+. The van der Waals surface area contributed by atoms with E-state index < -0.39 is 33.9 Å². The van der Waals surface area contributed by atoms with Crippen LogP contribution in [-0.2, 0) is 9.53 Å². The molecule has 9 nitrogen and oxygen atoms in total. The number of nitrogens with zero attached hydrogens (tertiary/aromatic N) is 3. The van der Waals surface area contributed by atoms with Crippen LogP contribution < -0.4 is 14.9 Å². The third-order valence-corrected chi connectivity index (χ3v) is 6.77. The van der Waals surface area contributed by atoms with Crippen LogP contribution in [0.15, 0.2) is 56.8 Å². The van der Waals surface area contributed by atoms with Gasteiger partial charge in [-0.25, -0.2) is 9.79 Å². The Morgan fingerprint density at radius 1 is 1.38 bits per heavy atom.